The van der Waals surface area contributed by atoms with Gasteiger partial charge in [0.05, 0.1) is 13.3 Å². The lowest BCUT2D eigenvalue weighted by atomic mass is 10.6. The van der Waals surface area contributed by atoms with E-state index >= 15 is 0 Å². The van der Waals surface area contributed by atoms with E-state index in [4.69, 9.17) is 4.74 Å². The van der Waals surface area contributed by atoms with E-state index in [1.165, 1.54) is 19.5 Å². The van der Waals surface area contributed by atoms with Crippen LogP contribution < -0.4 is 10.4 Å². The summed E-state index contributed by atoms with van der Waals surface area (Å²) >= 11 is 0. The van der Waals surface area contributed by atoms with Gasteiger partial charge in [-0.1, -0.05) is 13.8 Å². The first-order valence-corrected chi connectivity index (χ1v) is 3.41. The maximum Gasteiger partial charge on any atom is 0.345 e. The van der Waals surface area contributed by atoms with E-state index in [0.717, 1.165) is 0 Å². The van der Waals surface area contributed by atoms with Crippen LogP contribution in [-0.4, -0.2) is 17.1 Å². The Bertz CT molecular complexity index is 224. The molecule has 1 N–H and O–H groups in total. The molecule has 0 aliphatic rings. The van der Waals surface area contributed by atoms with Gasteiger partial charge in [-0.2, -0.15) is 4.98 Å². The van der Waals surface area contributed by atoms with Crippen molar-refractivity contribution in [2.45, 2.75) is 13.8 Å². The number of nitrogens with one attached hydrogen (secondary N) is 1. The van der Waals surface area contributed by atoms with Crippen LogP contribution in [0.5, 0.6) is 5.75 Å². The molecule has 0 unspecified atom stereocenters. The molecule has 0 fully saturated rings. The van der Waals surface area contributed by atoms with Gasteiger partial charge in [0.2, 0.25) is 0 Å². The molecule has 0 aliphatic heterocycles. The van der Waals surface area contributed by atoms with Crippen LogP contribution >= 0.6 is 0 Å². The second-order valence-electron chi connectivity index (χ2n) is 1.46. The number of hydrogen-bond donors (Lipinski definition) is 1. The highest BCUT2D eigenvalue weighted by atomic mass is 16.5. The van der Waals surface area contributed by atoms with Crippen molar-refractivity contribution in [3.8, 4) is 5.75 Å². The van der Waals surface area contributed by atoms with Gasteiger partial charge in [0.25, 0.3) is 0 Å². The normalized spacial score (nSPS) is 7.91. The molecule has 1 heterocycles. The zero-order valence-electron chi connectivity index (χ0n) is 6.92. The molecule has 62 valence electrons. The molecule has 1 aromatic rings. The molecule has 0 atom stereocenters. The van der Waals surface area contributed by atoms with Crippen molar-refractivity contribution in [1.82, 2.24) is 9.97 Å². The maximum absolute atomic E-state index is 10.3. The number of aromatic amines is 1. The number of H-pyrrole nitrogens is 1. The third-order valence-electron chi connectivity index (χ3n) is 0.883. The molecule has 0 saturated heterocycles. The predicted molar refractivity (Wildman–Crippen MR) is 42.8 cm³/mol. The molecule has 0 radical (unpaired) electrons. The van der Waals surface area contributed by atoms with Crippen molar-refractivity contribution in [3.63, 3.8) is 0 Å². The van der Waals surface area contributed by atoms with E-state index in [2.05, 4.69) is 9.97 Å². The molecule has 0 aromatic carbocycles. The van der Waals surface area contributed by atoms with Crippen LogP contribution in [0.15, 0.2) is 17.2 Å². The number of hydrogen-bond acceptors (Lipinski definition) is 3. The van der Waals surface area contributed by atoms with E-state index < -0.39 is 0 Å². The van der Waals surface area contributed by atoms with Gasteiger partial charge < -0.3 is 9.72 Å². The molecule has 4 heteroatoms. The maximum atomic E-state index is 10.3. The van der Waals surface area contributed by atoms with Crippen molar-refractivity contribution in [1.29, 1.82) is 0 Å². The summed E-state index contributed by atoms with van der Waals surface area (Å²) in [4.78, 5) is 16.1. The zero-order valence-corrected chi connectivity index (χ0v) is 6.92. The first kappa shape index (κ1) is 9.68. The van der Waals surface area contributed by atoms with Gasteiger partial charge in [-0.15, -0.1) is 0 Å². The molecule has 0 aliphatic carbocycles. The van der Waals surface area contributed by atoms with E-state index in [1.54, 1.807) is 0 Å². The molecule has 0 spiro atoms. The second-order valence-corrected chi connectivity index (χ2v) is 1.46. The average Bonchev–Trinajstić information content (AvgIpc) is 2.10. The predicted octanol–water partition coefficient (Wildman–Crippen LogP) is 0.805. The summed E-state index contributed by atoms with van der Waals surface area (Å²) in [7, 11) is 1.51. The summed E-state index contributed by atoms with van der Waals surface area (Å²) in [6.07, 6.45) is 2.81. The fraction of sp³-hybridized carbons (Fsp3) is 0.429. The van der Waals surface area contributed by atoms with Crippen LogP contribution in [0, 0.1) is 0 Å². The third kappa shape index (κ3) is 3.40. The Morgan fingerprint density at radius 3 is 2.55 bits per heavy atom. The first-order chi connectivity index (χ1) is 5.33. The zero-order chi connectivity index (χ0) is 8.69. The van der Waals surface area contributed by atoms with Crippen LogP contribution in [0.1, 0.15) is 13.8 Å². The first-order valence-electron chi connectivity index (χ1n) is 3.41. The molecule has 0 bridgehead atoms. The molecular weight excluding hydrogens is 144 g/mol. The van der Waals surface area contributed by atoms with E-state index in [1.807, 2.05) is 13.8 Å². The number of ether oxygens (including phenoxy) is 1. The van der Waals surface area contributed by atoms with E-state index in [9.17, 15) is 4.79 Å². The molecule has 0 amide bonds. The van der Waals surface area contributed by atoms with Crippen molar-refractivity contribution in [2.24, 2.45) is 0 Å². The second kappa shape index (κ2) is 5.46. The summed E-state index contributed by atoms with van der Waals surface area (Å²) in [6.45, 7) is 4.00. The lowest BCUT2D eigenvalue weighted by Gasteiger charge is -1.93. The van der Waals surface area contributed by atoms with E-state index in [-0.39, 0.29) is 5.69 Å². The van der Waals surface area contributed by atoms with E-state index in [0.29, 0.717) is 5.75 Å². The van der Waals surface area contributed by atoms with Crippen LogP contribution in [0.2, 0.25) is 0 Å². The smallest absolute Gasteiger partial charge is 0.345 e. The van der Waals surface area contributed by atoms with Crippen molar-refractivity contribution in [2.75, 3.05) is 7.11 Å². The Morgan fingerprint density at radius 1 is 1.55 bits per heavy atom. The van der Waals surface area contributed by atoms with Gasteiger partial charge in [-0.3, -0.25) is 0 Å². The summed E-state index contributed by atoms with van der Waals surface area (Å²) in [6, 6.07) is 0. The van der Waals surface area contributed by atoms with Crippen LogP contribution in [0.4, 0.5) is 0 Å². The molecule has 1 aromatic heterocycles. The molecule has 11 heavy (non-hydrogen) atoms. The number of aromatic nitrogens is 2. The van der Waals surface area contributed by atoms with Gasteiger partial charge in [-0.05, 0) is 0 Å². The SMILES string of the molecule is CC.COc1cnc(=O)[nH]c1. The Balaban J connectivity index is 0.000000461. The summed E-state index contributed by atoms with van der Waals surface area (Å²) in [5.41, 5.74) is -0.365. The lowest BCUT2D eigenvalue weighted by molar-refractivity contribution is 0.410. The third-order valence-corrected chi connectivity index (χ3v) is 0.883. The molecule has 4 nitrogen and oxygen atoms in total. The van der Waals surface area contributed by atoms with Crippen LogP contribution in [0.3, 0.4) is 0 Å². The minimum absolute atomic E-state index is 0.365. The molecular formula is C7H12N2O2. The lowest BCUT2D eigenvalue weighted by Crippen LogP contribution is -2.07. The minimum atomic E-state index is -0.365. The van der Waals surface area contributed by atoms with Gasteiger partial charge in [-0.25, -0.2) is 4.79 Å². The number of methoxy groups -OCH3 is 1. The fourth-order valence-corrected chi connectivity index (χ4v) is 0.441. The van der Waals surface area contributed by atoms with Crippen LogP contribution in [-0.2, 0) is 0 Å². The van der Waals surface area contributed by atoms with Gasteiger partial charge >= 0.3 is 5.69 Å². The fourth-order valence-electron chi connectivity index (χ4n) is 0.441. The quantitative estimate of drug-likeness (QED) is 0.654. The number of nitrogens with zero attached hydrogens (tertiary/aromatic N) is 1. The number of rotatable bonds is 1. The van der Waals surface area contributed by atoms with Gasteiger partial charge in [0.15, 0.2) is 5.75 Å². The van der Waals surface area contributed by atoms with Crippen molar-refractivity contribution < 1.29 is 4.74 Å². The van der Waals surface area contributed by atoms with Crippen LogP contribution in [0.25, 0.3) is 0 Å². The largest absolute Gasteiger partial charge is 0.494 e. The van der Waals surface area contributed by atoms with Crippen molar-refractivity contribution in [3.05, 3.63) is 22.9 Å². The Hall–Kier alpha value is -1.32. The summed E-state index contributed by atoms with van der Waals surface area (Å²) in [5, 5.41) is 0. The Labute approximate surface area is 65.2 Å². The monoisotopic (exact) mass is 156 g/mol. The Morgan fingerprint density at radius 2 is 2.18 bits per heavy atom. The highest BCUT2D eigenvalue weighted by Gasteiger charge is 1.86. The molecule has 1 rings (SSSR count). The van der Waals surface area contributed by atoms with Crippen molar-refractivity contribution >= 4 is 0 Å². The molecule has 0 saturated carbocycles. The Kier molecular flexibility index (Phi) is 4.81. The topological polar surface area (TPSA) is 55.0 Å². The van der Waals surface area contributed by atoms with Gasteiger partial charge in [0.1, 0.15) is 0 Å². The summed E-state index contributed by atoms with van der Waals surface area (Å²) < 4.78 is 4.74. The minimum Gasteiger partial charge on any atom is -0.494 e. The highest BCUT2D eigenvalue weighted by Crippen LogP contribution is 1.98. The summed E-state index contributed by atoms with van der Waals surface area (Å²) in [5.74, 6) is 0.551. The standard InChI is InChI=1S/C5H6N2O2.C2H6/c1-9-4-2-6-5(8)7-3-4;1-2/h2-3H,1H3,(H,6,7,8);1-2H3. The highest BCUT2D eigenvalue weighted by molar-refractivity contribution is 5.09. The average molecular weight is 156 g/mol. The van der Waals surface area contributed by atoms with Gasteiger partial charge in [0, 0.05) is 6.20 Å².